The highest BCUT2D eigenvalue weighted by Gasteiger charge is 2.27. The van der Waals surface area contributed by atoms with Crippen LogP contribution in [0.15, 0.2) is 84.9 Å². The molecule has 0 saturated carbocycles. The molecule has 0 bridgehead atoms. The van der Waals surface area contributed by atoms with Crippen LogP contribution >= 0.6 is 0 Å². The maximum absolute atomic E-state index is 13.3. The molecule has 7 nitrogen and oxygen atoms in total. The lowest BCUT2D eigenvalue weighted by atomic mass is 9.98. The van der Waals surface area contributed by atoms with Gasteiger partial charge in [0.05, 0.1) is 5.92 Å². The van der Waals surface area contributed by atoms with Crippen molar-refractivity contribution in [3.8, 4) is 11.1 Å². The van der Waals surface area contributed by atoms with Crippen molar-refractivity contribution in [1.82, 2.24) is 10.2 Å². The zero-order valence-electron chi connectivity index (χ0n) is 22.2. The second-order valence-corrected chi connectivity index (χ2v) is 10.1. The maximum Gasteiger partial charge on any atom is 0.318 e. The van der Waals surface area contributed by atoms with Gasteiger partial charge in [0, 0.05) is 19.5 Å². The molecule has 3 aromatic rings. The van der Waals surface area contributed by atoms with E-state index in [1.165, 1.54) is 0 Å². The average Bonchev–Trinajstić information content (AvgIpc) is 2.91. The fourth-order valence-corrected chi connectivity index (χ4v) is 4.42. The van der Waals surface area contributed by atoms with Crippen LogP contribution in [0.5, 0.6) is 0 Å². The Kier molecular flexibility index (Phi) is 10.5. The van der Waals surface area contributed by atoms with Crippen LogP contribution in [0.25, 0.3) is 11.1 Å². The number of nitrogens with one attached hydrogen (secondary N) is 1. The Hall–Kier alpha value is -4.13. The summed E-state index contributed by atoms with van der Waals surface area (Å²) < 4.78 is 0. The standard InChI is InChI=1S/C31H38N4O3/c1-22(2)20-35(21-27(29(32)36)18-13-23-9-5-3-6-10-23)31(38)34-28(30(33)37)19-24-14-16-26(17-15-24)25-11-7-4-8-12-25/h3-12,14-17,22,27-28H,13,18-21H2,1-2H3,(H2,32,36)(H2,33,37)(H,34,38)/t27?,28-/m0/s1. The van der Waals surface area contributed by atoms with Crippen LogP contribution in [-0.4, -0.2) is 41.9 Å². The van der Waals surface area contributed by atoms with E-state index in [0.717, 1.165) is 22.3 Å². The molecule has 3 rings (SSSR count). The zero-order chi connectivity index (χ0) is 27.5. The average molecular weight is 515 g/mol. The summed E-state index contributed by atoms with van der Waals surface area (Å²) in [6.45, 7) is 4.56. The van der Waals surface area contributed by atoms with Crippen LogP contribution in [0, 0.1) is 11.8 Å². The van der Waals surface area contributed by atoms with E-state index in [4.69, 9.17) is 11.5 Å². The monoisotopic (exact) mass is 514 g/mol. The van der Waals surface area contributed by atoms with Crippen molar-refractivity contribution in [2.24, 2.45) is 23.3 Å². The van der Waals surface area contributed by atoms with Gasteiger partial charge in [0.15, 0.2) is 0 Å². The number of primary amides is 2. The number of nitrogens with zero attached hydrogens (tertiary/aromatic N) is 1. The van der Waals surface area contributed by atoms with Crippen LogP contribution in [0.1, 0.15) is 31.4 Å². The van der Waals surface area contributed by atoms with Crippen molar-refractivity contribution in [2.45, 2.75) is 39.2 Å². The number of carbonyl (C=O) groups is 3. The van der Waals surface area contributed by atoms with Gasteiger partial charge in [-0.15, -0.1) is 0 Å². The highest BCUT2D eigenvalue weighted by atomic mass is 16.2. The van der Waals surface area contributed by atoms with Gasteiger partial charge in [-0.3, -0.25) is 9.59 Å². The molecule has 4 amide bonds. The highest BCUT2D eigenvalue weighted by molar-refractivity contribution is 5.86. The Labute approximate surface area is 225 Å². The van der Waals surface area contributed by atoms with E-state index in [9.17, 15) is 14.4 Å². The first-order chi connectivity index (χ1) is 18.2. The van der Waals surface area contributed by atoms with Crippen LogP contribution < -0.4 is 16.8 Å². The third-order valence-electron chi connectivity index (χ3n) is 6.48. The predicted molar refractivity (Wildman–Crippen MR) is 151 cm³/mol. The van der Waals surface area contributed by atoms with Gasteiger partial charge in [-0.1, -0.05) is 98.8 Å². The number of urea groups is 1. The van der Waals surface area contributed by atoms with Gasteiger partial charge in [-0.05, 0) is 41.0 Å². The van der Waals surface area contributed by atoms with E-state index in [-0.39, 0.29) is 18.9 Å². The molecular weight excluding hydrogens is 476 g/mol. The quantitative estimate of drug-likeness (QED) is 0.318. The summed E-state index contributed by atoms with van der Waals surface area (Å²) in [5.41, 5.74) is 15.5. The molecule has 0 saturated heterocycles. The summed E-state index contributed by atoms with van der Waals surface area (Å²) >= 11 is 0. The predicted octanol–water partition coefficient (Wildman–Crippen LogP) is 4.15. The number of hydrogen-bond acceptors (Lipinski definition) is 3. The minimum Gasteiger partial charge on any atom is -0.369 e. The molecule has 0 heterocycles. The normalized spacial score (nSPS) is 12.5. The molecule has 3 aromatic carbocycles. The first-order valence-electron chi connectivity index (χ1n) is 13.0. The van der Waals surface area contributed by atoms with Crippen molar-refractivity contribution in [1.29, 1.82) is 0 Å². The third-order valence-corrected chi connectivity index (χ3v) is 6.48. The largest absolute Gasteiger partial charge is 0.369 e. The van der Waals surface area contributed by atoms with Crippen molar-refractivity contribution < 1.29 is 14.4 Å². The Morgan fingerprint density at radius 2 is 1.32 bits per heavy atom. The van der Waals surface area contributed by atoms with Crippen molar-refractivity contribution in [2.75, 3.05) is 13.1 Å². The molecule has 0 aliphatic rings. The van der Waals surface area contributed by atoms with E-state index >= 15 is 0 Å². The van der Waals surface area contributed by atoms with Gasteiger partial charge in [-0.2, -0.15) is 0 Å². The van der Waals surface area contributed by atoms with E-state index in [1.807, 2.05) is 98.8 Å². The maximum atomic E-state index is 13.3. The molecule has 1 unspecified atom stereocenters. The van der Waals surface area contributed by atoms with E-state index in [0.29, 0.717) is 19.4 Å². The highest BCUT2D eigenvalue weighted by Crippen LogP contribution is 2.20. The molecule has 0 aliphatic carbocycles. The molecule has 0 aromatic heterocycles. The summed E-state index contributed by atoms with van der Waals surface area (Å²) in [5, 5.41) is 2.80. The SMILES string of the molecule is CC(C)CN(CC(CCc1ccccc1)C(N)=O)C(=O)N[C@@H](Cc1ccc(-c2ccccc2)cc1)C(N)=O. The smallest absolute Gasteiger partial charge is 0.318 e. The molecule has 200 valence electrons. The molecule has 0 radical (unpaired) electrons. The number of nitrogens with two attached hydrogens (primary N) is 2. The summed E-state index contributed by atoms with van der Waals surface area (Å²) in [6, 6.07) is 26.3. The Morgan fingerprint density at radius 1 is 0.737 bits per heavy atom. The zero-order valence-corrected chi connectivity index (χ0v) is 22.2. The van der Waals surface area contributed by atoms with E-state index in [2.05, 4.69) is 5.32 Å². The number of amides is 4. The molecule has 0 aliphatic heterocycles. The molecule has 2 atom stereocenters. The number of aryl methyl sites for hydroxylation is 1. The van der Waals surface area contributed by atoms with Gasteiger partial charge in [0.25, 0.3) is 0 Å². The summed E-state index contributed by atoms with van der Waals surface area (Å²) in [6.07, 6.45) is 1.46. The lowest BCUT2D eigenvalue weighted by Crippen LogP contribution is -2.53. The van der Waals surface area contributed by atoms with Gasteiger partial charge < -0.3 is 21.7 Å². The molecule has 0 spiro atoms. The van der Waals surface area contributed by atoms with Crippen LogP contribution in [0.4, 0.5) is 4.79 Å². The minimum absolute atomic E-state index is 0.154. The second-order valence-electron chi connectivity index (χ2n) is 10.1. The summed E-state index contributed by atoms with van der Waals surface area (Å²) in [5.74, 6) is -1.43. The number of carbonyl (C=O) groups excluding carboxylic acids is 3. The minimum atomic E-state index is -0.893. The molecular formula is C31H38N4O3. The molecule has 5 N–H and O–H groups in total. The third kappa shape index (κ3) is 8.76. The molecule has 38 heavy (non-hydrogen) atoms. The second kappa shape index (κ2) is 14.0. The Morgan fingerprint density at radius 3 is 1.87 bits per heavy atom. The van der Waals surface area contributed by atoms with Crippen molar-refractivity contribution in [3.63, 3.8) is 0 Å². The fourth-order valence-electron chi connectivity index (χ4n) is 4.42. The Bertz CT molecular complexity index is 1180. The first-order valence-corrected chi connectivity index (χ1v) is 13.0. The van der Waals surface area contributed by atoms with Gasteiger partial charge in [-0.25, -0.2) is 4.79 Å². The van der Waals surface area contributed by atoms with Crippen molar-refractivity contribution in [3.05, 3.63) is 96.1 Å². The lowest BCUT2D eigenvalue weighted by molar-refractivity contribution is -0.122. The summed E-state index contributed by atoms with van der Waals surface area (Å²) in [7, 11) is 0. The van der Waals surface area contributed by atoms with Crippen molar-refractivity contribution >= 4 is 17.8 Å². The van der Waals surface area contributed by atoms with Crippen LogP contribution in [-0.2, 0) is 22.4 Å². The topological polar surface area (TPSA) is 119 Å². The number of rotatable bonds is 13. The Balaban J connectivity index is 1.67. The van der Waals surface area contributed by atoms with E-state index in [1.54, 1.807) is 4.90 Å². The number of benzene rings is 3. The number of hydrogen-bond donors (Lipinski definition) is 3. The molecule has 7 heteroatoms. The van der Waals surface area contributed by atoms with Gasteiger partial charge in [0.1, 0.15) is 6.04 Å². The van der Waals surface area contributed by atoms with E-state index < -0.39 is 29.8 Å². The van der Waals surface area contributed by atoms with Crippen LogP contribution in [0.2, 0.25) is 0 Å². The van der Waals surface area contributed by atoms with Gasteiger partial charge >= 0.3 is 6.03 Å². The molecule has 0 fully saturated rings. The summed E-state index contributed by atoms with van der Waals surface area (Å²) in [4.78, 5) is 39.4. The first kappa shape index (κ1) is 28.4. The van der Waals surface area contributed by atoms with Crippen LogP contribution in [0.3, 0.4) is 0 Å². The fraction of sp³-hybridized carbons (Fsp3) is 0.323. The van der Waals surface area contributed by atoms with Gasteiger partial charge in [0.2, 0.25) is 11.8 Å². The lowest BCUT2D eigenvalue weighted by Gasteiger charge is -2.29.